The molecule has 0 aliphatic heterocycles. The van der Waals surface area contributed by atoms with Crippen LogP contribution in [0.25, 0.3) is 10.9 Å². The van der Waals surface area contributed by atoms with Gasteiger partial charge in [-0.05, 0) is 37.3 Å². The molecule has 0 bridgehead atoms. The van der Waals surface area contributed by atoms with Crippen LogP contribution in [0.4, 0.5) is 0 Å². The third-order valence-electron chi connectivity index (χ3n) is 3.95. The monoisotopic (exact) mass is 368 g/mol. The predicted molar refractivity (Wildman–Crippen MR) is 93.2 cm³/mol. The van der Waals surface area contributed by atoms with Crippen molar-refractivity contribution in [2.45, 2.75) is 18.4 Å². The Balaban J connectivity index is 1.73. The van der Waals surface area contributed by atoms with E-state index in [4.69, 9.17) is 4.74 Å². The minimum atomic E-state index is -3.70. The second-order valence-corrected chi connectivity index (χ2v) is 7.52. The van der Waals surface area contributed by atoms with Crippen molar-refractivity contribution in [1.29, 1.82) is 0 Å². The number of rotatable bonds is 5. The van der Waals surface area contributed by atoms with Crippen molar-refractivity contribution in [3.63, 3.8) is 0 Å². The summed E-state index contributed by atoms with van der Waals surface area (Å²) in [5.41, 5.74) is 1.53. The smallest absolute Gasteiger partial charge is 0.268 e. The van der Waals surface area contributed by atoms with Crippen LogP contribution in [-0.2, 0) is 16.6 Å². The Labute approximate surface area is 149 Å². The first-order chi connectivity index (χ1) is 12.6. The largest absolute Gasteiger partial charge is 0.488 e. The summed E-state index contributed by atoms with van der Waals surface area (Å²) in [5.74, 6) is 0.888. The molecule has 2 aromatic carbocycles. The minimum absolute atomic E-state index is 0.0992. The van der Waals surface area contributed by atoms with E-state index in [-0.39, 0.29) is 11.5 Å². The van der Waals surface area contributed by atoms with Crippen molar-refractivity contribution in [3.8, 4) is 5.75 Å². The minimum Gasteiger partial charge on any atom is -0.488 e. The molecular formula is C17H14N5O3S-. The molecule has 8 nitrogen and oxygen atoms in total. The second kappa shape index (κ2) is 6.26. The third kappa shape index (κ3) is 2.82. The Hall–Kier alpha value is -3.20. The molecule has 0 N–H and O–H groups in total. The lowest BCUT2D eigenvalue weighted by Gasteiger charge is -2.10. The lowest BCUT2D eigenvalue weighted by Crippen LogP contribution is -2.11. The van der Waals surface area contributed by atoms with E-state index in [0.717, 1.165) is 5.56 Å². The van der Waals surface area contributed by atoms with Crippen LogP contribution in [0.3, 0.4) is 0 Å². The van der Waals surface area contributed by atoms with Gasteiger partial charge in [-0.15, -0.1) is 0 Å². The molecule has 132 valence electrons. The molecule has 0 aliphatic rings. The van der Waals surface area contributed by atoms with E-state index in [2.05, 4.69) is 20.6 Å². The number of aryl methyl sites for hydroxylation is 1. The van der Waals surface area contributed by atoms with Gasteiger partial charge in [-0.1, -0.05) is 23.8 Å². The van der Waals surface area contributed by atoms with Gasteiger partial charge in [0, 0.05) is 17.4 Å². The zero-order valence-corrected chi connectivity index (χ0v) is 14.6. The van der Waals surface area contributed by atoms with Crippen LogP contribution < -0.4 is 9.84 Å². The van der Waals surface area contributed by atoms with Gasteiger partial charge < -0.3 is 9.84 Å². The van der Waals surface area contributed by atoms with Crippen LogP contribution in [0.15, 0.2) is 59.6 Å². The maximum atomic E-state index is 13.0. The standard InChI is InChI=1S/C17H14N5O3S/c1-12-5-7-13(8-6-12)26(23,24)22-10-9-14-15(22)3-2-4-16(14)25-11-17-18-20-21-19-17/h2-10H,11H2,1H3/q-1. The molecule has 0 unspecified atom stereocenters. The van der Waals surface area contributed by atoms with Crippen LogP contribution in [0, 0.1) is 6.92 Å². The fourth-order valence-electron chi connectivity index (χ4n) is 2.64. The van der Waals surface area contributed by atoms with Crippen molar-refractivity contribution in [1.82, 2.24) is 24.6 Å². The van der Waals surface area contributed by atoms with E-state index < -0.39 is 10.0 Å². The fraction of sp³-hybridized carbons (Fsp3) is 0.118. The number of hydrogen-bond donors (Lipinski definition) is 0. The average molecular weight is 368 g/mol. The van der Waals surface area contributed by atoms with Crippen LogP contribution in [0.5, 0.6) is 5.75 Å². The highest BCUT2D eigenvalue weighted by Crippen LogP contribution is 2.29. The van der Waals surface area contributed by atoms with E-state index in [9.17, 15) is 8.42 Å². The summed E-state index contributed by atoms with van der Waals surface area (Å²) >= 11 is 0. The molecule has 9 heteroatoms. The molecule has 4 rings (SSSR count). The lowest BCUT2D eigenvalue weighted by molar-refractivity contribution is 0.299. The summed E-state index contributed by atoms with van der Waals surface area (Å²) in [6.07, 6.45) is 1.52. The zero-order chi connectivity index (χ0) is 18.1. The van der Waals surface area contributed by atoms with E-state index in [1.165, 1.54) is 10.2 Å². The topological polar surface area (TPSA) is 101 Å². The number of fused-ring (bicyclic) bond motifs is 1. The number of hydrogen-bond acceptors (Lipinski definition) is 6. The van der Waals surface area contributed by atoms with Gasteiger partial charge in [-0.25, -0.2) is 12.4 Å². The van der Waals surface area contributed by atoms with Crippen molar-refractivity contribution in [2.75, 3.05) is 0 Å². The second-order valence-electron chi connectivity index (χ2n) is 5.70. The Morgan fingerprint density at radius 1 is 1.12 bits per heavy atom. The highest BCUT2D eigenvalue weighted by molar-refractivity contribution is 7.90. The molecule has 0 amide bonds. The molecular weight excluding hydrogens is 354 g/mol. The molecule has 0 saturated carbocycles. The molecule has 0 spiro atoms. The Morgan fingerprint density at radius 2 is 1.92 bits per heavy atom. The van der Waals surface area contributed by atoms with E-state index in [0.29, 0.717) is 22.5 Å². The molecule has 0 saturated heterocycles. The van der Waals surface area contributed by atoms with Gasteiger partial charge in [0.05, 0.1) is 10.4 Å². The van der Waals surface area contributed by atoms with Crippen LogP contribution in [0.1, 0.15) is 11.4 Å². The third-order valence-corrected chi connectivity index (χ3v) is 5.66. The zero-order valence-electron chi connectivity index (χ0n) is 13.8. The Bertz CT molecular complexity index is 1150. The maximum absolute atomic E-state index is 13.0. The van der Waals surface area contributed by atoms with Crippen LogP contribution >= 0.6 is 0 Å². The molecule has 0 aliphatic carbocycles. The molecule has 0 radical (unpaired) electrons. The van der Waals surface area contributed by atoms with Gasteiger partial charge in [0.2, 0.25) is 0 Å². The molecule has 0 fully saturated rings. The van der Waals surface area contributed by atoms with E-state index in [1.54, 1.807) is 48.5 Å². The average Bonchev–Trinajstić information content (AvgIpc) is 3.30. The maximum Gasteiger partial charge on any atom is 0.268 e. The van der Waals surface area contributed by atoms with Crippen molar-refractivity contribution in [2.24, 2.45) is 0 Å². The van der Waals surface area contributed by atoms with Gasteiger partial charge in [0.1, 0.15) is 12.4 Å². The summed E-state index contributed by atoms with van der Waals surface area (Å²) < 4.78 is 32.9. The lowest BCUT2D eigenvalue weighted by atomic mass is 10.2. The summed E-state index contributed by atoms with van der Waals surface area (Å²) in [6.45, 7) is 2.01. The molecule has 4 aromatic rings. The quantitative estimate of drug-likeness (QED) is 0.530. The summed E-state index contributed by atoms with van der Waals surface area (Å²) in [4.78, 5) is 0.231. The first-order valence-electron chi connectivity index (χ1n) is 7.78. The summed E-state index contributed by atoms with van der Waals surface area (Å²) in [6, 6.07) is 13.7. The number of nitrogens with zero attached hydrogens (tertiary/aromatic N) is 5. The Kier molecular flexibility index (Phi) is 3.92. The molecule has 0 atom stereocenters. The van der Waals surface area contributed by atoms with Gasteiger partial charge in [-0.3, -0.25) is 10.3 Å². The van der Waals surface area contributed by atoms with Crippen LogP contribution in [-0.4, -0.2) is 27.9 Å². The van der Waals surface area contributed by atoms with Gasteiger partial charge in [0.15, 0.2) is 0 Å². The van der Waals surface area contributed by atoms with Gasteiger partial charge in [-0.2, -0.15) is 5.21 Å². The summed E-state index contributed by atoms with van der Waals surface area (Å²) in [5, 5.41) is 14.9. The molecule has 26 heavy (non-hydrogen) atoms. The van der Waals surface area contributed by atoms with Gasteiger partial charge >= 0.3 is 0 Å². The fourth-order valence-corrected chi connectivity index (χ4v) is 3.98. The highest BCUT2D eigenvalue weighted by atomic mass is 32.2. The van der Waals surface area contributed by atoms with Crippen molar-refractivity contribution < 1.29 is 13.2 Å². The van der Waals surface area contributed by atoms with E-state index >= 15 is 0 Å². The first kappa shape index (κ1) is 16.3. The molecule has 2 aromatic heterocycles. The number of tetrazole rings is 1. The summed E-state index contributed by atoms with van der Waals surface area (Å²) in [7, 11) is -3.70. The van der Waals surface area contributed by atoms with Crippen LogP contribution in [0.2, 0.25) is 0 Å². The first-order valence-corrected chi connectivity index (χ1v) is 9.22. The predicted octanol–water partition coefficient (Wildman–Crippen LogP) is 1.91. The normalized spacial score (nSPS) is 11.7. The number of benzene rings is 2. The van der Waals surface area contributed by atoms with Gasteiger partial charge in [0.25, 0.3) is 10.0 Å². The van der Waals surface area contributed by atoms with Crippen molar-refractivity contribution >= 4 is 20.9 Å². The van der Waals surface area contributed by atoms with Crippen molar-refractivity contribution in [3.05, 3.63) is 66.1 Å². The van der Waals surface area contributed by atoms with E-state index in [1.807, 2.05) is 6.92 Å². The number of ether oxygens (including phenoxy) is 1. The molecule has 2 heterocycles. The number of aromatic nitrogens is 5. The SMILES string of the molecule is Cc1ccc(S(=O)(=O)n2ccc3c(OCc4nnn[n-]4)cccc32)cc1. The highest BCUT2D eigenvalue weighted by Gasteiger charge is 2.19. The Morgan fingerprint density at radius 3 is 2.65 bits per heavy atom.